The molecule has 0 aliphatic heterocycles. The summed E-state index contributed by atoms with van der Waals surface area (Å²) in [4.78, 5) is 12.7. The molecule has 100 valence electrons. The van der Waals surface area contributed by atoms with Crippen molar-refractivity contribution in [1.82, 2.24) is 0 Å². The highest BCUT2D eigenvalue weighted by Crippen LogP contribution is 2.28. The Labute approximate surface area is 116 Å². The summed E-state index contributed by atoms with van der Waals surface area (Å²) >= 11 is 1.68. The maximum atomic E-state index is 11.4. The van der Waals surface area contributed by atoms with Crippen molar-refractivity contribution in [2.45, 2.75) is 19.4 Å². The zero-order chi connectivity index (χ0) is 13.8. The van der Waals surface area contributed by atoms with E-state index in [0.29, 0.717) is 16.9 Å². The van der Waals surface area contributed by atoms with E-state index in [0.717, 1.165) is 6.42 Å². The Hall–Kier alpha value is -2.01. The van der Waals surface area contributed by atoms with Crippen molar-refractivity contribution in [3.05, 3.63) is 46.2 Å². The van der Waals surface area contributed by atoms with E-state index < -0.39 is 5.91 Å². The van der Waals surface area contributed by atoms with Crippen molar-refractivity contribution >= 4 is 28.6 Å². The fourth-order valence-electron chi connectivity index (χ4n) is 1.95. The van der Waals surface area contributed by atoms with Crippen molar-refractivity contribution in [2.75, 3.05) is 11.1 Å². The molecule has 2 rings (SSSR count). The Morgan fingerprint density at radius 2 is 2.21 bits per heavy atom. The fourth-order valence-corrected chi connectivity index (χ4v) is 2.81. The van der Waals surface area contributed by atoms with Crippen LogP contribution in [0.4, 0.5) is 11.4 Å². The molecule has 0 spiro atoms. The largest absolute Gasteiger partial charge is 0.399 e. The molecule has 2 aromatic rings. The summed E-state index contributed by atoms with van der Waals surface area (Å²) in [6.45, 7) is 2.09. The zero-order valence-electron chi connectivity index (χ0n) is 10.7. The summed E-state index contributed by atoms with van der Waals surface area (Å²) in [6, 6.07) is 9.32. The van der Waals surface area contributed by atoms with Crippen LogP contribution in [0.3, 0.4) is 0 Å². The Balaban J connectivity index is 2.31. The van der Waals surface area contributed by atoms with Crippen molar-refractivity contribution in [1.29, 1.82) is 0 Å². The van der Waals surface area contributed by atoms with Gasteiger partial charge >= 0.3 is 0 Å². The van der Waals surface area contributed by atoms with Crippen LogP contribution in [0.1, 0.15) is 34.6 Å². The third-order valence-corrected chi connectivity index (χ3v) is 3.92. The number of hydrogen-bond acceptors (Lipinski definition) is 4. The molecule has 0 bridgehead atoms. The molecule has 5 heteroatoms. The molecule has 1 heterocycles. The first-order chi connectivity index (χ1) is 9.11. The minimum Gasteiger partial charge on any atom is -0.399 e. The summed E-state index contributed by atoms with van der Waals surface area (Å²) in [5, 5.41) is 5.39. The number of carbonyl (C=O) groups is 1. The first kappa shape index (κ1) is 13.4. The van der Waals surface area contributed by atoms with Gasteiger partial charge in [-0.15, -0.1) is 11.3 Å². The Kier molecular flexibility index (Phi) is 4.06. The number of nitrogens with two attached hydrogens (primary N) is 2. The first-order valence-electron chi connectivity index (χ1n) is 6.11. The van der Waals surface area contributed by atoms with Crippen LogP contribution in [0.25, 0.3) is 0 Å². The third kappa shape index (κ3) is 3.06. The standard InChI is InChI=1S/C14H17N3OS/c1-2-11(13-4-3-7-19-13)17-12-8-9(15)5-6-10(12)14(16)18/h3-8,11,17H,2,15H2,1H3,(H2,16,18). The lowest BCUT2D eigenvalue weighted by Gasteiger charge is -2.19. The highest BCUT2D eigenvalue weighted by atomic mass is 32.1. The maximum Gasteiger partial charge on any atom is 0.250 e. The normalized spacial score (nSPS) is 12.1. The number of benzene rings is 1. The maximum absolute atomic E-state index is 11.4. The summed E-state index contributed by atoms with van der Waals surface area (Å²) < 4.78 is 0. The van der Waals surface area contributed by atoms with Crippen molar-refractivity contribution < 1.29 is 4.79 Å². The van der Waals surface area contributed by atoms with Crippen molar-refractivity contribution in [3.8, 4) is 0 Å². The predicted octanol–water partition coefficient (Wildman–Crippen LogP) is 2.99. The van der Waals surface area contributed by atoms with E-state index in [2.05, 4.69) is 18.3 Å². The van der Waals surface area contributed by atoms with Gasteiger partial charge in [-0.25, -0.2) is 0 Å². The number of nitrogens with one attached hydrogen (secondary N) is 1. The van der Waals surface area contributed by atoms with E-state index in [1.807, 2.05) is 11.4 Å². The second kappa shape index (κ2) is 5.75. The summed E-state index contributed by atoms with van der Waals surface area (Å²) in [5.41, 5.74) is 12.9. The van der Waals surface area contributed by atoms with Gasteiger partial charge in [0.05, 0.1) is 11.6 Å². The molecule has 4 nitrogen and oxygen atoms in total. The number of rotatable bonds is 5. The van der Waals surface area contributed by atoms with Crippen LogP contribution in [-0.2, 0) is 0 Å². The lowest BCUT2D eigenvalue weighted by Crippen LogP contribution is -2.16. The van der Waals surface area contributed by atoms with E-state index in [4.69, 9.17) is 11.5 Å². The monoisotopic (exact) mass is 275 g/mol. The molecular weight excluding hydrogens is 258 g/mol. The van der Waals surface area contributed by atoms with Gasteiger partial charge in [-0.2, -0.15) is 0 Å². The van der Waals surface area contributed by atoms with E-state index >= 15 is 0 Å². The van der Waals surface area contributed by atoms with Crippen LogP contribution in [-0.4, -0.2) is 5.91 Å². The van der Waals surface area contributed by atoms with Gasteiger partial charge in [0.2, 0.25) is 0 Å². The SMILES string of the molecule is CCC(Nc1cc(N)ccc1C(N)=O)c1cccs1. The average Bonchev–Trinajstić information content (AvgIpc) is 2.89. The second-order valence-electron chi connectivity index (χ2n) is 4.29. The second-order valence-corrected chi connectivity index (χ2v) is 5.27. The van der Waals surface area contributed by atoms with Gasteiger partial charge in [0.15, 0.2) is 0 Å². The number of primary amides is 1. The van der Waals surface area contributed by atoms with E-state index in [1.54, 1.807) is 29.5 Å². The number of hydrogen-bond donors (Lipinski definition) is 3. The number of nitrogen functional groups attached to an aromatic ring is 1. The average molecular weight is 275 g/mol. The van der Waals surface area contributed by atoms with Gasteiger partial charge < -0.3 is 16.8 Å². The Morgan fingerprint density at radius 3 is 2.79 bits per heavy atom. The number of thiophene rings is 1. The number of carbonyl (C=O) groups excluding carboxylic acids is 1. The van der Waals surface area contributed by atoms with Gasteiger partial charge in [-0.3, -0.25) is 4.79 Å². The van der Waals surface area contributed by atoms with Crippen LogP contribution in [0.5, 0.6) is 0 Å². The molecule has 1 aromatic heterocycles. The molecule has 1 unspecified atom stereocenters. The summed E-state index contributed by atoms with van der Waals surface area (Å²) in [6.07, 6.45) is 0.910. The van der Waals surface area contributed by atoms with Crippen LogP contribution >= 0.6 is 11.3 Å². The number of amides is 1. The molecule has 0 saturated heterocycles. The van der Waals surface area contributed by atoms with Crippen LogP contribution in [0.15, 0.2) is 35.7 Å². The smallest absolute Gasteiger partial charge is 0.250 e. The topological polar surface area (TPSA) is 81.1 Å². The molecule has 0 saturated carbocycles. The molecule has 1 atom stereocenters. The lowest BCUT2D eigenvalue weighted by molar-refractivity contribution is 0.100. The molecule has 0 fully saturated rings. The fraction of sp³-hybridized carbons (Fsp3) is 0.214. The van der Waals surface area contributed by atoms with Crippen LogP contribution in [0.2, 0.25) is 0 Å². The van der Waals surface area contributed by atoms with E-state index in [1.165, 1.54) is 4.88 Å². The van der Waals surface area contributed by atoms with Gasteiger partial charge in [-0.1, -0.05) is 13.0 Å². The van der Waals surface area contributed by atoms with E-state index in [-0.39, 0.29) is 6.04 Å². The van der Waals surface area contributed by atoms with Gasteiger partial charge in [0, 0.05) is 16.3 Å². The van der Waals surface area contributed by atoms with Gasteiger partial charge in [-0.05, 0) is 36.1 Å². The Bertz CT molecular complexity index is 566. The minimum absolute atomic E-state index is 0.153. The summed E-state index contributed by atoms with van der Waals surface area (Å²) in [5.74, 6) is -0.455. The molecule has 1 amide bonds. The first-order valence-corrected chi connectivity index (χ1v) is 6.99. The van der Waals surface area contributed by atoms with Gasteiger partial charge in [0.25, 0.3) is 5.91 Å². The molecule has 1 aromatic carbocycles. The summed E-state index contributed by atoms with van der Waals surface area (Å²) in [7, 11) is 0. The van der Waals surface area contributed by atoms with Crippen molar-refractivity contribution in [2.24, 2.45) is 5.73 Å². The molecule has 0 aliphatic rings. The third-order valence-electron chi connectivity index (χ3n) is 2.93. The quantitative estimate of drug-likeness (QED) is 0.734. The lowest BCUT2D eigenvalue weighted by atomic mass is 10.1. The molecule has 5 N–H and O–H groups in total. The molecular formula is C14H17N3OS. The van der Waals surface area contributed by atoms with Crippen LogP contribution in [0, 0.1) is 0 Å². The number of anilines is 2. The zero-order valence-corrected chi connectivity index (χ0v) is 11.5. The van der Waals surface area contributed by atoms with Crippen LogP contribution < -0.4 is 16.8 Å². The predicted molar refractivity (Wildman–Crippen MR) is 80.3 cm³/mol. The molecule has 0 radical (unpaired) electrons. The van der Waals surface area contributed by atoms with Crippen molar-refractivity contribution in [3.63, 3.8) is 0 Å². The van der Waals surface area contributed by atoms with Gasteiger partial charge in [0.1, 0.15) is 0 Å². The Morgan fingerprint density at radius 1 is 1.42 bits per heavy atom. The highest BCUT2D eigenvalue weighted by molar-refractivity contribution is 7.10. The van der Waals surface area contributed by atoms with E-state index in [9.17, 15) is 4.79 Å². The minimum atomic E-state index is -0.455. The highest BCUT2D eigenvalue weighted by Gasteiger charge is 2.14. The molecule has 19 heavy (non-hydrogen) atoms. The molecule has 0 aliphatic carbocycles.